The average Bonchev–Trinajstić information content (AvgIpc) is 2.87. The first-order chi connectivity index (χ1) is 9.15. The molecule has 96 valence electrons. The number of sulfonamides is 1. The number of hydrogen-bond acceptors (Lipinski definition) is 4. The summed E-state index contributed by atoms with van der Waals surface area (Å²) < 4.78 is 28.4. The maximum Gasteiger partial charge on any atom is 0.261 e. The largest absolute Gasteiger partial charge is 0.287 e. The van der Waals surface area contributed by atoms with E-state index in [2.05, 4.69) is 14.9 Å². The van der Waals surface area contributed by atoms with Gasteiger partial charge in [0.2, 0.25) is 0 Å². The quantitative estimate of drug-likeness (QED) is 0.785. The van der Waals surface area contributed by atoms with Crippen molar-refractivity contribution in [2.75, 3.05) is 4.72 Å². The van der Waals surface area contributed by atoms with Gasteiger partial charge in [-0.15, -0.1) is 10.2 Å². The van der Waals surface area contributed by atoms with Gasteiger partial charge in [-0.1, -0.05) is 18.2 Å². The van der Waals surface area contributed by atoms with Crippen LogP contribution >= 0.6 is 0 Å². The molecule has 3 rings (SSSR count). The Labute approximate surface area is 109 Å². The molecule has 1 aromatic carbocycles. The molecule has 2 aromatic heterocycles. The van der Waals surface area contributed by atoms with Crippen LogP contribution < -0.4 is 4.72 Å². The SMILES string of the molecule is O=S(=O)(Nc1ccc2nncn2c1)c1ccccc1. The van der Waals surface area contributed by atoms with E-state index in [4.69, 9.17) is 0 Å². The van der Waals surface area contributed by atoms with E-state index in [1.165, 1.54) is 6.33 Å². The van der Waals surface area contributed by atoms with Gasteiger partial charge in [-0.2, -0.15) is 0 Å². The van der Waals surface area contributed by atoms with Crippen LogP contribution in [0.2, 0.25) is 0 Å². The Morgan fingerprint density at radius 1 is 1.05 bits per heavy atom. The maximum absolute atomic E-state index is 12.1. The second kappa shape index (κ2) is 4.36. The summed E-state index contributed by atoms with van der Waals surface area (Å²) in [4.78, 5) is 0.221. The van der Waals surface area contributed by atoms with E-state index >= 15 is 0 Å². The van der Waals surface area contributed by atoms with Crippen LogP contribution in [-0.2, 0) is 10.0 Å². The second-order valence-corrected chi connectivity index (χ2v) is 5.62. The smallest absolute Gasteiger partial charge is 0.261 e. The van der Waals surface area contributed by atoms with E-state index in [1.54, 1.807) is 53.1 Å². The molecular weight excluding hydrogens is 264 g/mol. The van der Waals surface area contributed by atoms with Gasteiger partial charge < -0.3 is 0 Å². The van der Waals surface area contributed by atoms with Gasteiger partial charge in [-0.05, 0) is 24.3 Å². The highest BCUT2D eigenvalue weighted by atomic mass is 32.2. The molecule has 1 N–H and O–H groups in total. The van der Waals surface area contributed by atoms with Gasteiger partial charge in [0.25, 0.3) is 10.0 Å². The number of rotatable bonds is 3. The Morgan fingerprint density at radius 2 is 1.84 bits per heavy atom. The number of benzene rings is 1. The standard InChI is InChI=1S/C12H10N4O2S/c17-19(18,11-4-2-1-3-5-11)15-10-6-7-12-14-13-9-16(12)8-10/h1-9,15H. The van der Waals surface area contributed by atoms with Gasteiger partial charge in [0.05, 0.1) is 10.6 Å². The third-order valence-electron chi connectivity index (χ3n) is 2.60. The lowest BCUT2D eigenvalue weighted by molar-refractivity contribution is 0.601. The molecule has 6 nitrogen and oxygen atoms in total. The zero-order valence-electron chi connectivity index (χ0n) is 9.76. The Hall–Kier alpha value is -2.41. The molecule has 19 heavy (non-hydrogen) atoms. The summed E-state index contributed by atoms with van der Waals surface area (Å²) in [6, 6.07) is 11.5. The summed E-state index contributed by atoms with van der Waals surface area (Å²) in [6.45, 7) is 0. The predicted octanol–water partition coefficient (Wildman–Crippen LogP) is 1.53. The summed E-state index contributed by atoms with van der Waals surface area (Å²) in [6.07, 6.45) is 3.13. The van der Waals surface area contributed by atoms with Gasteiger partial charge in [-0.25, -0.2) is 8.42 Å². The minimum atomic E-state index is -3.57. The lowest BCUT2D eigenvalue weighted by atomic mass is 10.4. The molecule has 7 heteroatoms. The molecule has 0 aliphatic carbocycles. The Kier molecular flexibility index (Phi) is 2.68. The maximum atomic E-state index is 12.1. The van der Waals surface area contributed by atoms with Crippen molar-refractivity contribution in [1.82, 2.24) is 14.6 Å². The van der Waals surface area contributed by atoms with Crippen molar-refractivity contribution < 1.29 is 8.42 Å². The number of fused-ring (bicyclic) bond motifs is 1. The van der Waals surface area contributed by atoms with Crippen molar-refractivity contribution in [1.29, 1.82) is 0 Å². The van der Waals surface area contributed by atoms with Crippen LogP contribution in [0.5, 0.6) is 0 Å². The van der Waals surface area contributed by atoms with Crippen molar-refractivity contribution in [2.24, 2.45) is 0 Å². The monoisotopic (exact) mass is 274 g/mol. The zero-order chi connectivity index (χ0) is 13.3. The van der Waals surface area contributed by atoms with Gasteiger partial charge in [-0.3, -0.25) is 9.12 Å². The van der Waals surface area contributed by atoms with Crippen LogP contribution in [0.25, 0.3) is 5.65 Å². The Morgan fingerprint density at radius 3 is 2.63 bits per heavy atom. The van der Waals surface area contributed by atoms with Crippen LogP contribution in [0.3, 0.4) is 0 Å². The van der Waals surface area contributed by atoms with Gasteiger partial charge in [0.1, 0.15) is 6.33 Å². The molecule has 0 saturated carbocycles. The van der Waals surface area contributed by atoms with Crippen LogP contribution in [0.4, 0.5) is 5.69 Å². The summed E-state index contributed by atoms with van der Waals surface area (Å²) in [5, 5.41) is 7.58. The fourth-order valence-corrected chi connectivity index (χ4v) is 2.77. The Balaban J connectivity index is 1.96. The minimum absolute atomic E-state index is 0.221. The minimum Gasteiger partial charge on any atom is -0.287 e. The molecule has 0 bridgehead atoms. The number of anilines is 1. The van der Waals surface area contributed by atoms with Crippen LogP contribution in [0, 0.1) is 0 Å². The van der Waals surface area contributed by atoms with Crippen LogP contribution in [0.15, 0.2) is 59.9 Å². The highest BCUT2D eigenvalue weighted by Gasteiger charge is 2.13. The number of nitrogens with one attached hydrogen (secondary N) is 1. The molecule has 0 unspecified atom stereocenters. The topological polar surface area (TPSA) is 76.4 Å². The van der Waals surface area contributed by atoms with Crippen LogP contribution in [0.1, 0.15) is 0 Å². The first kappa shape index (κ1) is 11.7. The van der Waals surface area contributed by atoms with Crippen molar-refractivity contribution >= 4 is 21.4 Å². The highest BCUT2D eigenvalue weighted by molar-refractivity contribution is 7.92. The summed E-state index contributed by atoms with van der Waals surface area (Å²) >= 11 is 0. The number of pyridine rings is 1. The number of aromatic nitrogens is 3. The van der Waals surface area contributed by atoms with E-state index in [1.807, 2.05) is 0 Å². The fraction of sp³-hybridized carbons (Fsp3) is 0. The molecule has 3 aromatic rings. The lowest BCUT2D eigenvalue weighted by Gasteiger charge is -2.07. The molecule has 2 heterocycles. The average molecular weight is 274 g/mol. The van der Waals surface area contributed by atoms with E-state index in [9.17, 15) is 8.42 Å². The number of nitrogens with zero attached hydrogens (tertiary/aromatic N) is 3. The first-order valence-electron chi connectivity index (χ1n) is 5.52. The highest BCUT2D eigenvalue weighted by Crippen LogP contribution is 2.15. The second-order valence-electron chi connectivity index (χ2n) is 3.93. The molecule has 0 fully saturated rings. The van der Waals surface area contributed by atoms with Crippen molar-refractivity contribution in [3.05, 3.63) is 55.0 Å². The molecule has 0 spiro atoms. The third kappa shape index (κ3) is 2.27. The van der Waals surface area contributed by atoms with Crippen molar-refractivity contribution in [2.45, 2.75) is 4.90 Å². The molecule has 0 saturated heterocycles. The lowest BCUT2D eigenvalue weighted by Crippen LogP contribution is -2.13. The predicted molar refractivity (Wildman–Crippen MR) is 70.2 cm³/mol. The van der Waals surface area contributed by atoms with Crippen molar-refractivity contribution in [3.8, 4) is 0 Å². The Bertz CT molecular complexity index is 812. The zero-order valence-corrected chi connectivity index (χ0v) is 10.6. The van der Waals surface area contributed by atoms with Gasteiger partial charge in [0, 0.05) is 6.20 Å². The van der Waals surface area contributed by atoms with Crippen LogP contribution in [-0.4, -0.2) is 23.0 Å². The molecule has 0 atom stereocenters. The summed E-state index contributed by atoms with van der Waals surface area (Å²) in [5.41, 5.74) is 1.11. The van der Waals surface area contributed by atoms with Crippen molar-refractivity contribution in [3.63, 3.8) is 0 Å². The van der Waals surface area contributed by atoms with Gasteiger partial charge >= 0.3 is 0 Å². The molecular formula is C12H10N4O2S. The molecule has 0 radical (unpaired) electrons. The van der Waals surface area contributed by atoms with E-state index in [0.717, 1.165) is 0 Å². The third-order valence-corrected chi connectivity index (χ3v) is 3.99. The molecule has 0 aliphatic heterocycles. The van der Waals surface area contributed by atoms with Gasteiger partial charge in [0.15, 0.2) is 5.65 Å². The normalized spacial score (nSPS) is 11.6. The summed E-state index contributed by atoms with van der Waals surface area (Å²) in [5.74, 6) is 0. The molecule has 0 amide bonds. The number of hydrogen-bond donors (Lipinski definition) is 1. The van der Waals surface area contributed by atoms with E-state index in [0.29, 0.717) is 11.3 Å². The fourth-order valence-electron chi connectivity index (χ4n) is 1.70. The van der Waals surface area contributed by atoms with E-state index < -0.39 is 10.0 Å². The molecule has 0 aliphatic rings. The first-order valence-corrected chi connectivity index (χ1v) is 7.01. The van der Waals surface area contributed by atoms with E-state index in [-0.39, 0.29) is 4.90 Å². The summed E-state index contributed by atoms with van der Waals surface area (Å²) in [7, 11) is -3.57.